The third kappa shape index (κ3) is 4.97. The third-order valence-electron chi connectivity index (χ3n) is 6.95. The van der Waals surface area contributed by atoms with E-state index in [4.69, 9.17) is 4.74 Å². The minimum Gasteiger partial charge on any atom is -0.457 e. The normalized spacial score (nSPS) is 19.0. The Labute approximate surface area is 229 Å². The maximum absolute atomic E-state index is 13.4. The highest BCUT2D eigenvalue weighted by Crippen LogP contribution is 2.47. The quantitative estimate of drug-likeness (QED) is 0.171. The molecule has 3 amide bonds. The lowest BCUT2D eigenvalue weighted by Crippen LogP contribution is -2.36. The Morgan fingerprint density at radius 1 is 1.13 bits per heavy atom. The van der Waals surface area contributed by atoms with Crippen LogP contribution in [0.3, 0.4) is 0 Å². The van der Waals surface area contributed by atoms with Crippen molar-refractivity contribution in [2.45, 2.75) is 37.6 Å². The molecule has 4 N–H and O–H groups in total. The molecule has 198 valence electrons. The molecule has 3 heterocycles. The molecule has 1 aliphatic heterocycles. The topological polar surface area (TPSA) is 116 Å². The SMILES string of the molecule is C=CC(=O)N[C@H]1CC[C@@H](NC(O)c2sc3nccc4c3c2NC(=O)N4c2ccc(Oc3ccccc3)cc2)C1. The first-order valence-electron chi connectivity index (χ1n) is 12.7. The first-order chi connectivity index (χ1) is 19.0. The molecule has 0 saturated heterocycles. The Hall–Kier alpha value is -4.25. The molecule has 3 atom stereocenters. The van der Waals surface area contributed by atoms with Gasteiger partial charge in [0, 0.05) is 18.3 Å². The van der Waals surface area contributed by atoms with E-state index in [2.05, 4.69) is 27.5 Å². The summed E-state index contributed by atoms with van der Waals surface area (Å²) in [6.07, 6.45) is 4.27. The summed E-state index contributed by atoms with van der Waals surface area (Å²) in [6, 6.07) is 18.3. The Morgan fingerprint density at radius 2 is 1.87 bits per heavy atom. The number of rotatable bonds is 8. The van der Waals surface area contributed by atoms with Crippen molar-refractivity contribution in [2.75, 3.05) is 10.2 Å². The maximum atomic E-state index is 13.4. The second-order valence-corrected chi connectivity index (χ2v) is 10.5. The minimum atomic E-state index is -0.993. The van der Waals surface area contributed by atoms with Crippen molar-refractivity contribution in [1.29, 1.82) is 0 Å². The van der Waals surface area contributed by atoms with E-state index >= 15 is 0 Å². The van der Waals surface area contributed by atoms with Gasteiger partial charge in [0.25, 0.3) is 0 Å². The van der Waals surface area contributed by atoms with Crippen LogP contribution in [-0.4, -0.2) is 34.1 Å². The zero-order valence-electron chi connectivity index (χ0n) is 21.0. The molecule has 0 radical (unpaired) electrons. The van der Waals surface area contributed by atoms with E-state index in [0.29, 0.717) is 34.1 Å². The van der Waals surface area contributed by atoms with Crippen LogP contribution in [0.2, 0.25) is 0 Å². The van der Waals surface area contributed by atoms with Crippen LogP contribution in [0.4, 0.5) is 21.9 Å². The van der Waals surface area contributed by atoms with Gasteiger partial charge >= 0.3 is 6.03 Å². The molecule has 2 aliphatic rings. The van der Waals surface area contributed by atoms with Crippen molar-refractivity contribution < 1.29 is 19.4 Å². The van der Waals surface area contributed by atoms with Crippen molar-refractivity contribution in [1.82, 2.24) is 15.6 Å². The van der Waals surface area contributed by atoms with E-state index in [9.17, 15) is 14.7 Å². The van der Waals surface area contributed by atoms with E-state index in [-0.39, 0.29) is 24.0 Å². The third-order valence-corrected chi connectivity index (χ3v) is 8.10. The Balaban J connectivity index is 1.23. The molecular formula is C29H27N5O4S. The van der Waals surface area contributed by atoms with Gasteiger partial charge in [-0.05, 0) is 67.8 Å². The predicted molar refractivity (Wildman–Crippen MR) is 152 cm³/mol. The van der Waals surface area contributed by atoms with Crippen LogP contribution >= 0.6 is 11.3 Å². The van der Waals surface area contributed by atoms with Crippen molar-refractivity contribution in [2.24, 2.45) is 0 Å². The summed E-state index contributed by atoms with van der Waals surface area (Å²) in [5.74, 6) is 1.20. The van der Waals surface area contributed by atoms with Gasteiger partial charge in [0.15, 0.2) is 0 Å². The van der Waals surface area contributed by atoms with Crippen LogP contribution in [0.25, 0.3) is 10.2 Å². The van der Waals surface area contributed by atoms with E-state index < -0.39 is 6.23 Å². The molecule has 9 nitrogen and oxygen atoms in total. The van der Waals surface area contributed by atoms with Gasteiger partial charge in [0.1, 0.15) is 22.6 Å². The highest BCUT2D eigenvalue weighted by molar-refractivity contribution is 7.19. The molecule has 39 heavy (non-hydrogen) atoms. The number of hydrogen-bond acceptors (Lipinski definition) is 7. The highest BCUT2D eigenvalue weighted by atomic mass is 32.1. The van der Waals surface area contributed by atoms with Crippen molar-refractivity contribution in [3.05, 3.63) is 84.4 Å². The van der Waals surface area contributed by atoms with Crippen molar-refractivity contribution >= 4 is 50.6 Å². The van der Waals surface area contributed by atoms with Gasteiger partial charge in [0.2, 0.25) is 5.91 Å². The fourth-order valence-corrected chi connectivity index (χ4v) is 6.23. The number of aliphatic hydroxyl groups excluding tert-OH is 1. The average Bonchev–Trinajstić information content (AvgIpc) is 3.55. The smallest absolute Gasteiger partial charge is 0.331 e. The molecule has 6 rings (SSSR count). The van der Waals surface area contributed by atoms with Gasteiger partial charge < -0.3 is 20.5 Å². The number of carbonyl (C=O) groups excluding carboxylic acids is 2. The van der Waals surface area contributed by atoms with Crippen molar-refractivity contribution in [3.63, 3.8) is 0 Å². The van der Waals surface area contributed by atoms with E-state index in [1.165, 1.54) is 17.4 Å². The zero-order valence-corrected chi connectivity index (χ0v) is 21.8. The lowest BCUT2D eigenvalue weighted by molar-refractivity contribution is -0.117. The van der Waals surface area contributed by atoms with Crippen LogP contribution in [0, 0.1) is 0 Å². The number of hydrogen-bond donors (Lipinski definition) is 4. The van der Waals surface area contributed by atoms with Crippen molar-refractivity contribution in [3.8, 4) is 11.5 Å². The van der Waals surface area contributed by atoms with E-state index in [1.54, 1.807) is 17.2 Å². The number of pyridine rings is 1. The number of nitrogens with zero attached hydrogens (tertiary/aromatic N) is 2. The standard InChI is InChI=1S/C29H27N5O4S/c1-2-23(35)31-17-8-9-18(16-17)32-27(36)26-25-24-22(14-15-30-28(24)39-26)34(29(37)33-25)19-10-12-21(13-11-19)38-20-6-4-3-5-7-20/h2-7,10-15,17-18,27,32,36H,1,8-9,16H2,(H,31,35)(H,33,37)/t17-,18+,27?/m0/s1. The van der Waals surface area contributed by atoms with Crippen LogP contribution < -0.4 is 25.6 Å². The number of thiophene rings is 1. The van der Waals surface area contributed by atoms with Gasteiger partial charge in [-0.1, -0.05) is 24.8 Å². The van der Waals surface area contributed by atoms with Crippen LogP contribution in [0.1, 0.15) is 30.4 Å². The molecule has 1 saturated carbocycles. The summed E-state index contributed by atoms with van der Waals surface area (Å²) in [7, 11) is 0. The Bertz CT molecular complexity index is 1540. The predicted octanol–water partition coefficient (Wildman–Crippen LogP) is 5.58. The zero-order chi connectivity index (χ0) is 26.9. The number of amides is 3. The Morgan fingerprint density at radius 3 is 2.64 bits per heavy atom. The number of ether oxygens (including phenoxy) is 1. The summed E-state index contributed by atoms with van der Waals surface area (Å²) in [4.78, 5) is 32.4. The van der Waals surface area contributed by atoms with E-state index in [1.807, 2.05) is 54.6 Å². The average molecular weight is 542 g/mol. The van der Waals surface area contributed by atoms with Gasteiger partial charge in [-0.15, -0.1) is 11.3 Å². The summed E-state index contributed by atoms with van der Waals surface area (Å²) in [6.45, 7) is 3.50. The van der Waals surface area contributed by atoms with Gasteiger partial charge in [0.05, 0.1) is 27.3 Å². The number of aliphatic hydroxyl groups is 1. The minimum absolute atomic E-state index is 0.0207. The maximum Gasteiger partial charge on any atom is 0.331 e. The number of para-hydroxylation sites is 1. The molecule has 1 fully saturated rings. The monoisotopic (exact) mass is 541 g/mol. The van der Waals surface area contributed by atoms with Crippen LogP contribution in [0.15, 0.2) is 79.5 Å². The van der Waals surface area contributed by atoms with E-state index in [0.717, 1.165) is 28.8 Å². The second kappa shape index (κ2) is 10.5. The summed E-state index contributed by atoms with van der Waals surface area (Å²) in [5, 5.41) is 21.1. The number of carbonyl (C=O) groups is 2. The molecule has 0 bridgehead atoms. The molecule has 10 heteroatoms. The number of aromatic nitrogens is 1. The number of urea groups is 1. The fourth-order valence-electron chi connectivity index (χ4n) is 5.17. The molecule has 1 aliphatic carbocycles. The lowest BCUT2D eigenvalue weighted by atomic mass is 10.1. The molecule has 0 spiro atoms. The lowest BCUT2D eigenvalue weighted by Gasteiger charge is -2.29. The Kier molecular flexibility index (Phi) is 6.74. The molecule has 1 unspecified atom stereocenters. The molecule has 2 aromatic carbocycles. The highest BCUT2D eigenvalue weighted by Gasteiger charge is 2.34. The summed E-state index contributed by atoms with van der Waals surface area (Å²) < 4.78 is 5.89. The first-order valence-corrected chi connectivity index (χ1v) is 13.5. The van der Waals surface area contributed by atoms with Gasteiger partial charge in [-0.2, -0.15) is 0 Å². The van der Waals surface area contributed by atoms with Gasteiger partial charge in [-0.3, -0.25) is 15.0 Å². The number of nitrogens with one attached hydrogen (secondary N) is 3. The summed E-state index contributed by atoms with van der Waals surface area (Å²) in [5.41, 5.74) is 1.94. The first kappa shape index (κ1) is 25.1. The largest absolute Gasteiger partial charge is 0.457 e. The fraction of sp³-hybridized carbons (Fsp3) is 0.207. The summed E-state index contributed by atoms with van der Waals surface area (Å²) >= 11 is 1.34. The molecule has 4 aromatic rings. The molecular weight excluding hydrogens is 514 g/mol. The molecule has 2 aromatic heterocycles. The second-order valence-electron chi connectivity index (χ2n) is 9.51. The van der Waals surface area contributed by atoms with Crippen LogP contribution in [0.5, 0.6) is 11.5 Å². The van der Waals surface area contributed by atoms with Crippen LogP contribution in [-0.2, 0) is 4.79 Å². The number of benzene rings is 2. The number of anilines is 3. The van der Waals surface area contributed by atoms with Gasteiger partial charge in [-0.25, -0.2) is 9.78 Å².